The lowest BCUT2D eigenvalue weighted by molar-refractivity contribution is 0.112. The Balaban J connectivity index is 2.60. The molecule has 1 aromatic rings. The molecule has 0 radical (unpaired) electrons. The van der Waals surface area contributed by atoms with E-state index in [9.17, 15) is 13.2 Å². The fourth-order valence-electron chi connectivity index (χ4n) is 1.64. The predicted octanol–water partition coefficient (Wildman–Crippen LogP) is 1.21. The van der Waals surface area contributed by atoms with Gasteiger partial charge >= 0.3 is 0 Å². The van der Waals surface area contributed by atoms with Crippen LogP contribution in [0.4, 0.5) is 0 Å². The fraction of sp³-hybridized carbons (Fsp3) is 0.600. The van der Waals surface area contributed by atoms with E-state index >= 15 is 0 Å². The summed E-state index contributed by atoms with van der Waals surface area (Å²) < 4.78 is 25.7. The number of hydrogen-bond donors (Lipinski definition) is 0. The van der Waals surface area contributed by atoms with Crippen molar-refractivity contribution in [3.05, 3.63) is 11.8 Å². The van der Waals surface area contributed by atoms with Crippen LogP contribution in [-0.4, -0.2) is 29.7 Å². The average Bonchev–Trinajstić information content (AvgIpc) is 2.96. The van der Waals surface area contributed by atoms with E-state index in [1.807, 2.05) is 13.8 Å². The number of aldehydes is 1. The summed E-state index contributed by atoms with van der Waals surface area (Å²) in [6, 6.07) is -0.0720. The summed E-state index contributed by atoms with van der Waals surface area (Å²) in [4.78, 5) is 10.8. The summed E-state index contributed by atoms with van der Waals surface area (Å²) in [6.45, 7) is 3.68. The maximum Gasteiger partial charge on any atom is 0.198 e. The largest absolute Gasteiger partial charge is 0.298 e. The molecule has 1 aromatic heterocycles. The molecule has 88 valence electrons. The summed E-state index contributed by atoms with van der Waals surface area (Å²) in [5.74, 6) is 0. The minimum atomic E-state index is -3.37. The molecule has 0 amide bonds. The Morgan fingerprint density at radius 2 is 2.12 bits per heavy atom. The maximum absolute atomic E-state index is 12.1. The molecule has 6 heteroatoms. The highest BCUT2D eigenvalue weighted by Gasteiger charge is 2.40. The summed E-state index contributed by atoms with van der Waals surface area (Å²) in [5, 5.41) is 3.73. The number of carbonyl (C=O) groups excluding carboxylic acids is 1. The molecule has 16 heavy (non-hydrogen) atoms. The SMILES string of the molecule is CC(C)n1ncc(C=O)c1S(=O)(=O)C1CC1. The molecule has 1 saturated carbocycles. The van der Waals surface area contributed by atoms with E-state index in [0.717, 1.165) is 0 Å². The molecule has 0 spiro atoms. The molecule has 0 unspecified atom stereocenters. The van der Waals surface area contributed by atoms with Crippen LogP contribution in [0.25, 0.3) is 0 Å². The standard InChI is InChI=1S/C10H14N2O3S/c1-7(2)12-10(8(6-13)5-11-12)16(14,15)9-3-4-9/h5-7,9H,3-4H2,1-2H3. The normalized spacial score (nSPS) is 16.7. The molecular weight excluding hydrogens is 228 g/mol. The zero-order valence-corrected chi connectivity index (χ0v) is 10.1. The first-order valence-corrected chi connectivity index (χ1v) is 6.79. The highest BCUT2D eigenvalue weighted by atomic mass is 32.2. The van der Waals surface area contributed by atoms with E-state index in [-0.39, 0.29) is 21.9 Å². The van der Waals surface area contributed by atoms with Crippen LogP contribution in [0, 0.1) is 0 Å². The van der Waals surface area contributed by atoms with Crippen molar-refractivity contribution < 1.29 is 13.2 Å². The predicted molar refractivity (Wildman–Crippen MR) is 58.2 cm³/mol. The molecular formula is C10H14N2O3S. The van der Waals surface area contributed by atoms with Gasteiger partial charge in [0, 0.05) is 6.04 Å². The van der Waals surface area contributed by atoms with Gasteiger partial charge in [-0.1, -0.05) is 0 Å². The van der Waals surface area contributed by atoms with Crippen LogP contribution in [0.1, 0.15) is 43.1 Å². The Kier molecular flexibility index (Phi) is 2.61. The zero-order chi connectivity index (χ0) is 11.9. The molecule has 1 aliphatic carbocycles. The Labute approximate surface area is 94.4 Å². The molecule has 0 N–H and O–H groups in total. The number of nitrogens with zero attached hydrogens (tertiary/aromatic N) is 2. The lowest BCUT2D eigenvalue weighted by Crippen LogP contribution is -2.17. The number of sulfone groups is 1. The van der Waals surface area contributed by atoms with Crippen molar-refractivity contribution in [1.82, 2.24) is 9.78 Å². The van der Waals surface area contributed by atoms with Gasteiger partial charge in [-0.15, -0.1) is 0 Å². The van der Waals surface area contributed by atoms with Gasteiger partial charge in [0.05, 0.1) is 17.0 Å². The molecule has 1 fully saturated rings. The molecule has 0 saturated heterocycles. The van der Waals surface area contributed by atoms with Crippen molar-refractivity contribution in [2.45, 2.75) is 43.0 Å². The van der Waals surface area contributed by atoms with Gasteiger partial charge in [0.25, 0.3) is 0 Å². The van der Waals surface area contributed by atoms with E-state index in [0.29, 0.717) is 19.1 Å². The fourth-order valence-corrected chi connectivity index (χ4v) is 3.66. The molecule has 0 aromatic carbocycles. The van der Waals surface area contributed by atoms with E-state index in [1.54, 1.807) is 0 Å². The minimum absolute atomic E-state index is 0.0720. The first-order valence-electron chi connectivity index (χ1n) is 5.25. The van der Waals surface area contributed by atoms with Crippen molar-refractivity contribution in [3.63, 3.8) is 0 Å². The summed E-state index contributed by atoms with van der Waals surface area (Å²) in [7, 11) is -3.37. The van der Waals surface area contributed by atoms with Crippen LogP contribution in [0.5, 0.6) is 0 Å². The third kappa shape index (κ3) is 1.67. The third-order valence-corrected chi connectivity index (χ3v) is 4.94. The van der Waals surface area contributed by atoms with Gasteiger partial charge in [0.15, 0.2) is 21.1 Å². The zero-order valence-electron chi connectivity index (χ0n) is 9.25. The lowest BCUT2D eigenvalue weighted by Gasteiger charge is -2.11. The molecule has 1 aliphatic rings. The van der Waals surface area contributed by atoms with Crippen LogP contribution in [0.15, 0.2) is 11.2 Å². The third-order valence-electron chi connectivity index (χ3n) is 2.63. The Morgan fingerprint density at radius 3 is 2.56 bits per heavy atom. The van der Waals surface area contributed by atoms with Crippen molar-refractivity contribution in [2.75, 3.05) is 0 Å². The van der Waals surface area contributed by atoms with Crippen LogP contribution < -0.4 is 0 Å². The molecule has 0 atom stereocenters. The average molecular weight is 242 g/mol. The summed E-state index contributed by atoms with van der Waals surface area (Å²) >= 11 is 0. The van der Waals surface area contributed by atoms with Crippen LogP contribution in [-0.2, 0) is 9.84 Å². The minimum Gasteiger partial charge on any atom is -0.298 e. The molecule has 2 rings (SSSR count). The van der Waals surface area contributed by atoms with E-state index in [4.69, 9.17) is 0 Å². The first kappa shape index (κ1) is 11.3. The van der Waals surface area contributed by atoms with E-state index in [2.05, 4.69) is 5.10 Å². The second-order valence-corrected chi connectivity index (χ2v) is 6.45. The first-order chi connectivity index (χ1) is 7.48. The number of carbonyl (C=O) groups is 1. The van der Waals surface area contributed by atoms with Gasteiger partial charge in [-0.2, -0.15) is 5.10 Å². The van der Waals surface area contributed by atoms with Gasteiger partial charge in [-0.3, -0.25) is 9.48 Å². The van der Waals surface area contributed by atoms with Gasteiger partial charge in [-0.05, 0) is 26.7 Å². The number of rotatable bonds is 4. The number of aromatic nitrogens is 2. The summed E-state index contributed by atoms with van der Waals surface area (Å²) in [6.07, 6.45) is 3.25. The van der Waals surface area contributed by atoms with Gasteiger partial charge in [-0.25, -0.2) is 8.42 Å². The Morgan fingerprint density at radius 1 is 1.50 bits per heavy atom. The second kappa shape index (κ2) is 3.69. The monoisotopic (exact) mass is 242 g/mol. The van der Waals surface area contributed by atoms with E-state index in [1.165, 1.54) is 10.9 Å². The molecule has 0 bridgehead atoms. The Hall–Kier alpha value is -1.17. The van der Waals surface area contributed by atoms with Crippen molar-refractivity contribution in [1.29, 1.82) is 0 Å². The van der Waals surface area contributed by atoms with Crippen LogP contribution in [0.2, 0.25) is 0 Å². The summed E-state index contributed by atoms with van der Waals surface area (Å²) in [5.41, 5.74) is 0.167. The van der Waals surface area contributed by atoms with Crippen molar-refractivity contribution in [3.8, 4) is 0 Å². The smallest absolute Gasteiger partial charge is 0.198 e. The molecule has 0 aliphatic heterocycles. The van der Waals surface area contributed by atoms with Gasteiger partial charge < -0.3 is 0 Å². The van der Waals surface area contributed by atoms with Crippen molar-refractivity contribution >= 4 is 16.1 Å². The van der Waals surface area contributed by atoms with Crippen molar-refractivity contribution in [2.24, 2.45) is 0 Å². The molecule has 1 heterocycles. The van der Waals surface area contributed by atoms with Gasteiger partial charge in [0.1, 0.15) is 0 Å². The second-order valence-electron chi connectivity index (χ2n) is 4.31. The van der Waals surface area contributed by atoms with Crippen LogP contribution >= 0.6 is 0 Å². The quantitative estimate of drug-likeness (QED) is 0.744. The Bertz CT molecular complexity index is 512. The number of hydrogen-bond acceptors (Lipinski definition) is 4. The maximum atomic E-state index is 12.1. The highest BCUT2D eigenvalue weighted by Crippen LogP contribution is 2.35. The van der Waals surface area contributed by atoms with Gasteiger partial charge in [0.2, 0.25) is 0 Å². The van der Waals surface area contributed by atoms with E-state index < -0.39 is 9.84 Å². The van der Waals surface area contributed by atoms with Crippen LogP contribution in [0.3, 0.4) is 0 Å². The lowest BCUT2D eigenvalue weighted by atomic mass is 10.4. The topological polar surface area (TPSA) is 69.0 Å². The highest BCUT2D eigenvalue weighted by molar-refractivity contribution is 7.92. The molecule has 5 nitrogen and oxygen atoms in total.